The maximum Gasteiger partial charge on any atom is 0.315 e. The van der Waals surface area contributed by atoms with Crippen LogP contribution in [0.15, 0.2) is 0 Å². The summed E-state index contributed by atoms with van der Waals surface area (Å²) in [5.74, 6) is -0.0420. The molecule has 2 amide bonds. The number of carboxylic acids is 1. The summed E-state index contributed by atoms with van der Waals surface area (Å²) < 4.78 is 0. The van der Waals surface area contributed by atoms with E-state index in [9.17, 15) is 9.59 Å². The molecule has 1 aliphatic carbocycles. The van der Waals surface area contributed by atoms with Gasteiger partial charge in [0.15, 0.2) is 0 Å². The topological polar surface area (TPSA) is 78.4 Å². The average Bonchev–Trinajstić information content (AvgIpc) is 2.36. The molecule has 3 N–H and O–H groups in total. The molecular weight excluding hydrogens is 264 g/mol. The van der Waals surface area contributed by atoms with Gasteiger partial charge in [-0.3, -0.25) is 4.79 Å². The molecule has 0 aromatic heterocycles. The third-order valence-electron chi connectivity index (χ3n) is 3.49. The van der Waals surface area contributed by atoms with E-state index in [0.717, 1.165) is 31.4 Å². The third-order valence-corrected chi connectivity index (χ3v) is 4.14. The SMILES string of the molecule is CSCCC(C)NC(=O)NC1CCCC(C(=O)O)C1. The molecule has 0 radical (unpaired) electrons. The molecule has 0 heterocycles. The van der Waals surface area contributed by atoms with Crippen LogP contribution in [-0.4, -0.2) is 41.2 Å². The number of hydrogen-bond acceptors (Lipinski definition) is 3. The molecule has 1 fully saturated rings. The Hall–Kier alpha value is -0.910. The number of carbonyl (C=O) groups is 2. The van der Waals surface area contributed by atoms with Crippen molar-refractivity contribution in [1.29, 1.82) is 0 Å². The minimum absolute atomic E-state index is 0.0115. The lowest BCUT2D eigenvalue weighted by atomic mass is 9.86. The second-order valence-electron chi connectivity index (χ2n) is 5.20. The van der Waals surface area contributed by atoms with E-state index in [1.165, 1.54) is 0 Å². The number of nitrogens with one attached hydrogen (secondary N) is 2. The molecule has 6 heteroatoms. The van der Waals surface area contributed by atoms with Gasteiger partial charge in [-0.25, -0.2) is 4.79 Å². The second kappa shape index (κ2) is 8.30. The maximum atomic E-state index is 11.8. The Bertz CT molecular complexity index is 312. The molecule has 19 heavy (non-hydrogen) atoms. The van der Waals surface area contributed by atoms with Crippen LogP contribution in [0.1, 0.15) is 39.0 Å². The number of carbonyl (C=O) groups excluding carboxylic acids is 1. The van der Waals surface area contributed by atoms with E-state index in [1.807, 2.05) is 13.2 Å². The molecule has 0 aliphatic heterocycles. The van der Waals surface area contributed by atoms with Crippen molar-refractivity contribution < 1.29 is 14.7 Å². The molecule has 5 nitrogen and oxygen atoms in total. The minimum Gasteiger partial charge on any atom is -0.481 e. The number of amides is 2. The standard InChI is InChI=1S/C13H24N2O3S/c1-9(6-7-19-2)14-13(18)15-11-5-3-4-10(8-11)12(16)17/h9-11H,3-8H2,1-2H3,(H,16,17)(H2,14,15,18). The van der Waals surface area contributed by atoms with Crippen LogP contribution in [0, 0.1) is 5.92 Å². The van der Waals surface area contributed by atoms with Crippen LogP contribution in [0.3, 0.4) is 0 Å². The molecule has 110 valence electrons. The lowest BCUT2D eigenvalue weighted by Crippen LogP contribution is -2.47. The van der Waals surface area contributed by atoms with Crippen molar-refractivity contribution >= 4 is 23.8 Å². The summed E-state index contributed by atoms with van der Waals surface area (Å²) in [6, 6.07) is -0.0430. The number of hydrogen-bond donors (Lipinski definition) is 3. The second-order valence-corrected chi connectivity index (χ2v) is 6.18. The lowest BCUT2D eigenvalue weighted by molar-refractivity contribution is -0.143. The van der Waals surface area contributed by atoms with Crippen LogP contribution < -0.4 is 10.6 Å². The number of rotatable bonds is 6. The van der Waals surface area contributed by atoms with Gasteiger partial charge in [-0.15, -0.1) is 0 Å². The predicted molar refractivity (Wildman–Crippen MR) is 77.5 cm³/mol. The fourth-order valence-electron chi connectivity index (χ4n) is 2.36. The van der Waals surface area contributed by atoms with Gasteiger partial charge in [-0.2, -0.15) is 11.8 Å². The molecule has 3 atom stereocenters. The van der Waals surface area contributed by atoms with Gasteiger partial charge in [0.1, 0.15) is 0 Å². The number of urea groups is 1. The summed E-state index contributed by atoms with van der Waals surface area (Å²) >= 11 is 1.76. The normalized spacial score (nSPS) is 24.5. The highest BCUT2D eigenvalue weighted by Crippen LogP contribution is 2.24. The Morgan fingerprint density at radius 1 is 1.42 bits per heavy atom. The number of aliphatic carboxylic acids is 1. The summed E-state index contributed by atoms with van der Waals surface area (Å²) in [4.78, 5) is 22.7. The first-order chi connectivity index (χ1) is 9.02. The fourth-order valence-corrected chi connectivity index (χ4v) is 2.95. The summed E-state index contributed by atoms with van der Waals surface area (Å²) in [6.07, 6.45) is 5.99. The smallest absolute Gasteiger partial charge is 0.315 e. The third kappa shape index (κ3) is 6.18. The van der Waals surface area contributed by atoms with Crippen molar-refractivity contribution in [3.63, 3.8) is 0 Å². The van der Waals surface area contributed by atoms with Crippen LogP contribution in [0.2, 0.25) is 0 Å². The predicted octanol–water partition coefficient (Wildman–Crippen LogP) is 2.07. The quantitative estimate of drug-likeness (QED) is 0.699. The Labute approximate surface area is 118 Å². The molecule has 0 aromatic carbocycles. The van der Waals surface area contributed by atoms with Crippen molar-refractivity contribution in [3.05, 3.63) is 0 Å². The van der Waals surface area contributed by atoms with Crippen LogP contribution >= 0.6 is 11.8 Å². The van der Waals surface area contributed by atoms with E-state index in [1.54, 1.807) is 11.8 Å². The molecule has 1 saturated carbocycles. The van der Waals surface area contributed by atoms with E-state index < -0.39 is 5.97 Å². The molecule has 0 bridgehead atoms. The molecule has 0 spiro atoms. The van der Waals surface area contributed by atoms with Gasteiger partial charge >= 0.3 is 12.0 Å². The molecule has 0 saturated heterocycles. The Morgan fingerprint density at radius 3 is 2.79 bits per heavy atom. The van der Waals surface area contributed by atoms with Gasteiger partial charge in [-0.05, 0) is 44.6 Å². The van der Waals surface area contributed by atoms with Gasteiger partial charge < -0.3 is 15.7 Å². The highest BCUT2D eigenvalue weighted by Gasteiger charge is 2.27. The number of thioether (sulfide) groups is 1. The van der Waals surface area contributed by atoms with Crippen molar-refractivity contribution in [3.8, 4) is 0 Å². The van der Waals surface area contributed by atoms with Gasteiger partial charge in [-0.1, -0.05) is 6.42 Å². The molecule has 0 aromatic rings. The summed E-state index contributed by atoms with van der Waals surface area (Å²) in [7, 11) is 0. The van der Waals surface area contributed by atoms with Crippen LogP contribution in [-0.2, 0) is 4.79 Å². The van der Waals surface area contributed by atoms with Gasteiger partial charge in [0, 0.05) is 12.1 Å². The maximum absolute atomic E-state index is 11.8. The van der Waals surface area contributed by atoms with E-state index >= 15 is 0 Å². The summed E-state index contributed by atoms with van der Waals surface area (Å²) in [6.45, 7) is 1.98. The first kappa shape index (κ1) is 16.1. The van der Waals surface area contributed by atoms with Crippen molar-refractivity contribution in [2.45, 2.75) is 51.1 Å². The monoisotopic (exact) mass is 288 g/mol. The Kier molecular flexibility index (Phi) is 7.05. The lowest BCUT2D eigenvalue weighted by Gasteiger charge is -2.28. The highest BCUT2D eigenvalue weighted by atomic mass is 32.2. The van der Waals surface area contributed by atoms with E-state index in [-0.39, 0.29) is 24.0 Å². The van der Waals surface area contributed by atoms with Crippen LogP contribution in [0.5, 0.6) is 0 Å². The number of carboxylic acid groups (broad SMARTS) is 1. The highest BCUT2D eigenvalue weighted by molar-refractivity contribution is 7.98. The van der Waals surface area contributed by atoms with Crippen LogP contribution in [0.4, 0.5) is 4.79 Å². The van der Waals surface area contributed by atoms with E-state index in [0.29, 0.717) is 6.42 Å². The zero-order valence-corrected chi connectivity index (χ0v) is 12.5. The van der Waals surface area contributed by atoms with Crippen molar-refractivity contribution in [1.82, 2.24) is 10.6 Å². The summed E-state index contributed by atoms with van der Waals surface area (Å²) in [5.41, 5.74) is 0. The Morgan fingerprint density at radius 2 is 2.16 bits per heavy atom. The first-order valence-electron chi connectivity index (χ1n) is 6.81. The molecular formula is C13H24N2O3S. The van der Waals surface area contributed by atoms with Gasteiger partial charge in [0.25, 0.3) is 0 Å². The van der Waals surface area contributed by atoms with Crippen molar-refractivity contribution in [2.75, 3.05) is 12.0 Å². The first-order valence-corrected chi connectivity index (χ1v) is 8.21. The zero-order valence-electron chi connectivity index (χ0n) is 11.6. The zero-order chi connectivity index (χ0) is 14.3. The molecule has 3 unspecified atom stereocenters. The van der Waals surface area contributed by atoms with Crippen LogP contribution in [0.25, 0.3) is 0 Å². The molecule has 1 rings (SSSR count). The largest absolute Gasteiger partial charge is 0.481 e. The van der Waals surface area contributed by atoms with E-state index in [2.05, 4.69) is 10.6 Å². The Balaban J connectivity index is 2.29. The summed E-state index contributed by atoms with van der Waals surface area (Å²) in [5, 5.41) is 14.8. The van der Waals surface area contributed by atoms with Crippen molar-refractivity contribution in [2.24, 2.45) is 5.92 Å². The van der Waals surface area contributed by atoms with Gasteiger partial charge in [0.05, 0.1) is 5.92 Å². The minimum atomic E-state index is -0.750. The fraction of sp³-hybridized carbons (Fsp3) is 0.846. The van der Waals surface area contributed by atoms with Gasteiger partial charge in [0.2, 0.25) is 0 Å². The average molecular weight is 288 g/mol. The van der Waals surface area contributed by atoms with E-state index in [4.69, 9.17) is 5.11 Å². The molecule has 1 aliphatic rings.